The highest BCUT2D eigenvalue weighted by Crippen LogP contribution is 2.28. The third-order valence-electron chi connectivity index (χ3n) is 5.48. The van der Waals surface area contributed by atoms with E-state index in [9.17, 15) is 0 Å². The number of H-pyrrole nitrogens is 1. The van der Waals surface area contributed by atoms with E-state index in [4.69, 9.17) is 9.40 Å². The van der Waals surface area contributed by atoms with Crippen LogP contribution in [0.15, 0.2) is 53.4 Å². The predicted molar refractivity (Wildman–Crippen MR) is 108 cm³/mol. The monoisotopic (exact) mass is 373 g/mol. The lowest BCUT2D eigenvalue weighted by Crippen LogP contribution is -2.34. The molecule has 4 heterocycles. The normalized spacial score (nSPS) is 18.0. The summed E-state index contributed by atoms with van der Waals surface area (Å²) < 4.78 is 5.36. The fraction of sp³-hybridized carbons (Fsp3) is 0.318. The van der Waals surface area contributed by atoms with E-state index in [1.165, 1.54) is 18.4 Å². The van der Waals surface area contributed by atoms with Gasteiger partial charge in [0.15, 0.2) is 11.6 Å². The van der Waals surface area contributed by atoms with Crippen LogP contribution in [0.2, 0.25) is 0 Å². The molecular weight excluding hydrogens is 350 g/mol. The number of aryl methyl sites for hydroxylation is 1. The highest BCUT2D eigenvalue weighted by molar-refractivity contribution is 5.78. The molecule has 28 heavy (non-hydrogen) atoms. The van der Waals surface area contributed by atoms with Crippen molar-refractivity contribution in [1.82, 2.24) is 24.8 Å². The zero-order valence-corrected chi connectivity index (χ0v) is 15.9. The van der Waals surface area contributed by atoms with E-state index in [-0.39, 0.29) is 0 Å². The summed E-state index contributed by atoms with van der Waals surface area (Å²) in [6.07, 6.45) is 7.79. The van der Waals surface area contributed by atoms with Crippen molar-refractivity contribution in [3.05, 3.63) is 65.9 Å². The summed E-state index contributed by atoms with van der Waals surface area (Å²) in [6, 6.07) is 10.0. The molecule has 1 atom stereocenters. The molecule has 1 aliphatic heterocycles. The standard InChI is InChI=1S/C22H23N5O/c1-15-5-2-7-18-20(15)26-21(25-18)17-6-3-9-27(14-17)13-16-11-23-22(24-12-16)19-8-4-10-28-19/h2,4-5,7-8,10-12,17H,3,6,9,13-14H2,1H3,(H,25,26)/t17-/m0/s1. The Morgan fingerprint density at radius 3 is 2.86 bits per heavy atom. The van der Waals surface area contributed by atoms with Crippen LogP contribution in [0.1, 0.15) is 35.7 Å². The number of hydrogen-bond donors (Lipinski definition) is 1. The van der Waals surface area contributed by atoms with Gasteiger partial charge in [-0.3, -0.25) is 4.90 Å². The maximum absolute atomic E-state index is 5.36. The highest BCUT2D eigenvalue weighted by atomic mass is 16.3. The van der Waals surface area contributed by atoms with Crippen molar-refractivity contribution in [3.63, 3.8) is 0 Å². The van der Waals surface area contributed by atoms with E-state index < -0.39 is 0 Å². The fourth-order valence-electron chi connectivity index (χ4n) is 4.04. The van der Waals surface area contributed by atoms with Crippen molar-refractivity contribution in [2.45, 2.75) is 32.2 Å². The number of imidazole rings is 1. The van der Waals surface area contributed by atoms with Crippen LogP contribution in [-0.4, -0.2) is 37.9 Å². The van der Waals surface area contributed by atoms with Crippen LogP contribution in [-0.2, 0) is 6.54 Å². The summed E-state index contributed by atoms with van der Waals surface area (Å²) in [4.78, 5) is 19.8. The van der Waals surface area contributed by atoms with Crippen LogP contribution in [0.4, 0.5) is 0 Å². The molecular formula is C22H23N5O. The molecule has 0 saturated carbocycles. The van der Waals surface area contributed by atoms with Gasteiger partial charge in [-0.25, -0.2) is 15.0 Å². The SMILES string of the molecule is Cc1cccc2[nH]c([C@H]3CCCN(Cc4cnc(-c5ccco5)nc4)C3)nc12. The molecule has 1 aliphatic rings. The molecule has 0 radical (unpaired) electrons. The summed E-state index contributed by atoms with van der Waals surface area (Å²) in [6.45, 7) is 5.06. The Morgan fingerprint density at radius 1 is 1.18 bits per heavy atom. The van der Waals surface area contributed by atoms with Crippen LogP contribution in [0, 0.1) is 6.92 Å². The molecule has 142 valence electrons. The number of likely N-dealkylation sites (tertiary alicyclic amines) is 1. The smallest absolute Gasteiger partial charge is 0.195 e. The Labute approximate surface area is 163 Å². The van der Waals surface area contributed by atoms with E-state index in [0.717, 1.165) is 42.1 Å². The summed E-state index contributed by atoms with van der Waals surface area (Å²) in [5, 5.41) is 0. The van der Waals surface area contributed by atoms with Crippen molar-refractivity contribution in [1.29, 1.82) is 0 Å². The molecule has 6 nitrogen and oxygen atoms in total. The quantitative estimate of drug-likeness (QED) is 0.577. The van der Waals surface area contributed by atoms with Gasteiger partial charge in [0.05, 0.1) is 17.3 Å². The number of para-hydroxylation sites is 1. The maximum atomic E-state index is 5.36. The van der Waals surface area contributed by atoms with Crippen molar-refractivity contribution in [2.24, 2.45) is 0 Å². The second-order valence-corrected chi connectivity index (χ2v) is 7.56. The zero-order valence-electron chi connectivity index (χ0n) is 15.9. The molecule has 1 saturated heterocycles. The number of aromatic nitrogens is 4. The van der Waals surface area contributed by atoms with Gasteiger partial charge in [-0.05, 0) is 50.1 Å². The van der Waals surface area contributed by atoms with Crippen molar-refractivity contribution in [3.8, 4) is 11.6 Å². The Morgan fingerprint density at radius 2 is 2.07 bits per heavy atom. The summed E-state index contributed by atoms with van der Waals surface area (Å²) in [5.41, 5.74) is 4.57. The molecule has 5 rings (SSSR count). The molecule has 1 fully saturated rings. The van der Waals surface area contributed by atoms with Crippen LogP contribution in [0.3, 0.4) is 0 Å². The van der Waals surface area contributed by atoms with Crippen LogP contribution in [0.25, 0.3) is 22.6 Å². The van der Waals surface area contributed by atoms with Gasteiger partial charge in [0.2, 0.25) is 0 Å². The van der Waals surface area contributed by atoms with E-state index in [1.54, 1.807) is 6.26 Å². The molecule has 1 N–H and O–H groups in total. The second kappa shape index (κ2) is 7.20. The fourth-order valence-corrected chi connectivity index (χ4v) is 4.04. The number of piperidine rings is 1. The number of hydrogen-bond acceptors (Lipinski definition) is 5. The first-order valence-corrected chi connectivity index (χ1v) is 9.78. The first-order chi connectivity index (χ1) is 13.8. The molecule has 0 aliphatic carbocycles. The van der Waals surface area contributed by atoms with E-state index >= 15 is 0 Å². The van der Waals surface area contributed by atoms with E-state index in [0.29, 0.717) is 17.5 Å². The van der Waals surface area contributed by atoms with Crippen LogP contribution < -0.4 is 0 Å². The topological polar surface area (TPSA) is 70.8 Å². The average Bonchev–Trinajstić information content (AvgIpc) is 3.40. The number of rotatable bonds is 4. The second-order valence-electron chi connectivity index (χ2n) is 7.56. The molecule has 6 heteroatoms. The number of fused-ring (bicyclic) bond motifs is 1. The van der Waals surface area contributed by atoms with Crippen molar-refractivity contribution < 1.29 is 4.42 Å². The zero-order chi connectivity index (χ0) is 18.9. The molecule has 0 unspecified atom stereocenters. The lowest BCUT2D eigenvalue weighted by atomic mass is 9.97. The first kappa shape index (κ1) is 17.1. The van der Waals surface area contributed by atoms with Gasteiger partial charge in [0.25, 0.3) is 0 Å². The molecule has 1 aromatic carbocycles. The Kier molecular flexibility index (Phi) is 4.41. The molecule has 0 bridgehead atoms. The molecule has 0 spiro atoms. The number of nitrogens with one attached hydrogen (secondary N) is 1. The highest BCUT2D eigenvalue weighted by Gasteiger charge is 2.24. The van der Waals surface area contributed by atoms with Gasteiger partial charge in [-0.15, -0.1) is 0 Å². The molecule has 0 amide bonds. The lowest BCUT2D eigenvalue weighted by molar-refractivity contribution is 0.197. The maximum Gasteiger partial charge on any atom is 0.195 e. The largest absolute Gasteiger partial charge is 0.461 e. The van der Waals surface area contributed by atoms with Crippen LogP contribution in [0.5, 0.6) is 0 Å². The van der Waals surface area contributed by atoms with E-state index in [1.807, 2.05) is 24.5 Å². The first-order valence-electron chi connectivity index (χ1n) is 9.78. The number of benzene rings is 1. The minimum absolute atomic E-state index is 0.434. The van der Waals surface area contributed by atoms with Gasteiger partial charge in [-0.2, -0.15) is 0 Å². The number of nitrogens with zero attached hydrogens (tertiary/aromatic N) is 4. The van der Waals surface area contributed by atoms with Gasteiger partial charge in [-0.1, -0.05) is 12.1 Å². The van der Waals surface area contributed by atoms with Crippen molar-refractivity contribution >= 4 is 11.0 Å². The number of aromatic amines is 1. The molecule has 3 aromatic heterocycles. The summed E-state index contributed by atoms with van der Waals surface area (Å²) in [7, 11) is 0. The minimum atomic E-state index is 0.434. The van der Waals surface area contributed by atoms with Crippen LogP contribution >= 0.6 is 0 Å². The van der Waals surface area contributed by atoms with Gasteiger partial charge in [0.1, 0.15) is 5.82 Å². The molecule has 4 aromatic rings. The van der Waals surface area contributed by atoms with Gasteiger partial charge >= 0.3 is 0 Å². The Bertz CT molecular complexity index is 1070. The third-order valence-corrected chi connectivity index (χ3v) is 5.48. The minimum Gasteiger partial charge on any atom is -0.461 e. The van der Waals surface area contributed by atoms with Gasteiger partial charge in [0, 0.05) is 37.0 Å². The predicted octanol–water partition coefficient (Wildman–Crippen LogP) is 4.30. The average molecular weight is 373 g/mol. The summed E-state index contributed by atoms with van der Waals surface area (Å²) in [5.74, 6) is 2.87. The lowest BCUT2D eigenvalue weighted by Gasteiger charge is -2.31. The van der Waals surface area contributed by atoms with Gasteiger partial charge < -0.3 is 9.40 Å². The Balaban J connectivity index is 1.29. The van der Waals surface area contributed by atoms with Crippen molar-refractivity contribution in [2.75, 3.05) is 13.1 Å². The summed E-state index contributed by atoms with van der Waals surface area (Å²) >= 11 is 0. The number of furan rings is 1. The van der Waals surface area contributed by atoms with E-state index in [2.05, 4.69) is 45.0 Å². The Hall–Kier alpha value is -2.99. The third kappa shape index (κ3) is 3.31.